The Morgan fingerprint density at radius 3 is 1.31 bits per heavy atom. The minimum atomic E-state index is -0.973. The van der Waals surface area contributed by atoms with Gasteiger partial charge in [0, 0.05) is 0 Å². The van der Waals surface area contributed by atoms with Crippen LogP contribution in [0.5, 0.6) is 0 Å². The van der Waals surface area contributed by atoms with Gasteiger partial charge in [-0.2, -0.15) is 0 Å². The zero-order valence-electron chi connectivity index (χ0n) is 8.31. The molecule has 2 N–H and O–H groups in total. The van der Waals surface area contributed by atoms with Gasteiger partial charge in [0.2, 0.25) is 0 Å². The maximum absolute atomic E-state index is 9.50. The molecular formula is C11H22O2. The summed E-state index contributed by atoms with van der Waals surface area (Å²) in [5.41, 5.74) is -1.95. The van der Waals surface area contributed by atoms with E-state index in [1.165, 1.54) is 0 Å². The summed E-state index contributed by atoms with van der Waals surface area (Å²) in [6, 6.07) is 0. The first-order chi connectivity index (χ1) is 5.33. The fourth-order valence-corrected chi connectivity index (χ4v) is 0.446. The first-order valence-electron chi connectivity index (χ1n) is 4.32. The lowest BCUT2D eigenvalue weighted by Crippen LogP contribution is -2.24. The molecule has 0 saturated carbocycles. The highest BCUT2D eigenvalue weighted by molar-refractivity contribution is 5.18. The second kappa shape index (κ2) is 5.26. The van der Waals surface area contributed by atoms with Gasteiger partial charge < -0.3 is 10.2 Å². The van der Waals surface area contributed by atoms with Crippen LogP contribution in [0.25, 0.3) is 0 Å². The summed E-state index contributed by atoms with van der Waals surface area (Å²) < 4.78 is 0. The average Bonchev–Trinajstić information content (AvgIpc) is 2.02. The number of hydrogen-bond donors (Lipinski definition) is 2. The van der Waals surface area contributed by atoms with E-state index in [1.807, 2.05) is 13.8 Å². The van der Waals surface area contributed by atoms with Crippen LogP contribution in [0.2, 0.25) is 0 Å². The van der Waals surface area contributed by atoms with E-state index in [-0.39, 0.29) is 7.43 Å². The average molecular weight is 186 g/mol. The summed E-state index contributed by atoms with van der Waals surface area (Å²) in [6.07, 6.45) is 1.14. The molecule has 0 spiro atoms. The van der Waals surface area contributed by atoms with Crippen molar-refractivity contribution in [1.82, 2.24) is 0 Å². The van der Waals surface area contributed by atoms with E-state index in [0.717, 1.165) is 0 Å². The Balaban J connectivity index is 0. The first kappa shape index (κ1) is 15.0. The van der Waals surface area contributed by atoms with Crippen LogP contribution in [-0.2, 0) is 0 Å². The normalized spacial score (nSPS) is 18.6. The number of rotatable bonds is 2. The van der Waals surface area contributed by atoms with Crippen molar-refractivity contribution in [3.8, 4) is 11.8 Å². The predicted molar refractivity (Wildman–Crippen MR) is 56.3 cm³/mol. The molecule has 0 saturated heterocycles. The molecule has 2 atom stereocenters. The number of hydrogen-bond acceptors (Lipinski definition) is 2. The molecule has 0 fully saturated rings. The molecule has 0 bridgehead atoms. The van der Waals surface area contributed by atoms with Crippen LogP contribution >= 0.6 is 0 Å². The van der Waals surface area contributed by atoms with E-state index < -0.39 is 11.2 Å². The van der Waals surface area contributed by atoms with Crippen molar-refractivity contribution < 1.29 is 10.2 Å². The Morgan fingerprint density at radius 1 is 0.923 bits per heavy atom. The van der Waals surface area contributed by atoms with E-state index in [9.17, 15) is 10.2 Å². The van der Waals surface area contributed by atoms with Crippen molar-refractivity contribution in [3.63, 3.8) is 0 Å². The Kier molecular flexibility index (Phi) is 6.06. The van der Waals surface area contributed by atoms with Gasteiger partial charge in [-0.05, 0) is 26.7 Å². The second-order valence-corrected chi connectivity index (χ2v) is 3.50. The third-order valence-electron chi connectivity index (χ3n) is 1.98. The van der Waals surface area contributed by atoms with E-state index >= 15 is 0 Å². The summed E-state index contributed by atoms with van der Waals surface area (Å²) in [5.74, 6) is 5.31. The molecule has 78 valence electrons. The molecule has 0 amide bonds. The SMILES string of the molecule is C.CCC(C)(O)C#CC(C)(O)CC. The molecule has 0 radical (unpaired) electrons. The van der Waals surface area contributed by atoms with Gasteiger partial charge in [0.1, 0.15) is 11.2 Å². The molecular weight excluding hydrogens is 164 g/mol. The van der Waals surface area contributed by atoms with Crippen LogP contribution in [0.1, 0.15) is 48.0 Å². The van der Waals surface area contributed by atoms with Gasteiger partial charge in [0.25, 0.3) is 0 Å². The Morgan fingerprint density at radius 2 is 1.15 bits per heavy atom. The van der Waals surface area contributed by atoms with E-state index in [4.69, 9.17) is 0 Å². The first-order valence-corrected chi connectivity index (χ1v) is 4.32. The summed E-state index contributed by atoms with van der Waals surface area (Å²) in [7, 11) is 0. The van der Waals surface area contributed by atoms with Gasteiger partial charge in [-0.15, -0.1) is 0 Å². The third kappa shape index (κ3) is 6.62. The summed E-state index contributed by atoms with van der Waals surface area (Å²) in [5, 5.41) is 19.0. The fraction of sp³-hybridized carbons (Fsp3) is 0.818. The van der Waals surface area contributed by atoms with Crippen LogP contribution in [0.4, 0.5) is 0 Å². The van der Waals surface area contributed by atoms with Gasteiger partial charge >= 0.3 is 0 Å². The largest absolute Gasteiger partial charge is 0.378 e. The highest BCUT2D eigenvalue weighted by Gasteiger charge is 2.17. The molecule has 0 aromatic carbocycles. The molecule has 0 aliphatic rings. The van der Waals surface area contributed by atoms with E-state index in [2.05, 4.69) is 11.8 Å². The molecule has 2 nitrogen and oxygen atoms in total. The maximum Gasteiger partial charge on any atom is 0.122 e. The van der Waals surface area contributed by atoms with Crippen molar-refractivity contribution in [1.29, 1.82) is 0 Å². The van der Waals surface area contributed by atoms with Gasteiger partial charge in [-0.3, -0.25) is 0 Å². The lowest BCUT2D eigenvalue weighted by molar-refractivity contribution is 0.106. The van der Waals surface area contributed by atoms with Crippen molar-refractivity contribution in [2.24, 2.45) is 0 Å². The summed E-state index contributed by atoms with van der Waals surface area (Å²) >= 11 is 0. The molecule has 13 heavy (non-hydrogen) atoms. The zero-order valence-corrected chi connectivity index (χ0v) is 8.31. The van der Waals surface area contributed by atoms with Gasteiger partial charge in [-0.1, -0.05) is 33.1 Å². The molecule has 0 heterocycles. The van der Waals surface area contributed by atoms with Gasteiger partial charge in [0.05, 0.1) is 0 Å². The predicted octanol–water partition coefficient (Wildman–Crippen LogP) is 1.95. The van der Waals surface area contributed by atoms with Crippen LogP contribution in [-0.4, -0.2) is 21.4 Å². The van der Waals surface area contributed by atoms with E-state index in [0.29, 0.717) is 12.8 Å². The minimum Gasteiger partial charge on any atom is -0.378 e. The van der Waals surface area contributed by atoms with E-state index in [1.54, 1.807) is 13.8 Å². The Hall–Kier alpha value is -0.520. The quantitative estimate of drug-likeness (QED) is 0.647. The topological polar surface area (TPSA) is 40.5 Å². The monoisotopic (exact) mass is 186 g/mol. The Bertz CT molecular complexity index is 174. The molecule has 2 unspecified atom stereocenters. The highest BCUT2D eigenvalue weighted by Crippen LogP contribution is 2.10. The molecule has 0 aliphatic heterocycles. The Labute approximate surface area is 82.0 Å². The van der Waals surface area contributed by atoms with Crippen molar-refractivity contribution in [2.75, 3.05) is 0 Å². The fourth-order valence-electron chi connectivity index (χ4n) is 0.446. The van der Waals surface area contributed by atoms with Crippen LogP contribution in [0, 0.1) is 11.8 Å². The molecule has 2 heteroatoms. The number of aliphatic hydroxyl groups is 2. The molecule has 0 aromatic rings. The van der Waals surface area contributed by atoms with Gasteiger partial charge in [-0.25, -0.2) is 0 Å². The summed E-state index contributed by atoms with van der Waals surface area (Å²) in [4.78, 5) is 0. The van der Waals surface area contributed by atoms with Crippen LogP contribution < -0.4 is 0 Å². The highest BCUT2D eigenvalue weighted by atomic mass is 16.3. The van der Waals surface area contributed by atoms with Crippen LogP contribution in [0.3, 0.4) is 0 Å². The maximum atomic E-state index is 9.50. The third-order valence-corrected chi connectivity index (χ3v) is 1.98. The minimum absolute atomic E-state index is 0. The van der Waals surface area contributed by atoms with Crippen molar-refractivity contribution >= 4 is 0 Å². The second-order valence-electron chi connectivity index (χ2n) is 3.50. The molecule has 0 aromatic heterocycles. The lowest BCUT2D eigenvalue weighted by atomic mass is 10.00. The smallest absolute Gasteiger partial charge is 0.122 e. The molecule has 0 rings (SSSR count). The lowest BCUT2D eigenvalue weighted by Gasteiger charge is -2.16. The van der Waals surface area contributed by atoms with Crippen LogP contribution in [0.15, 0.2) is 0 Å². The zero-order chi connectivity index (χ0) is 9.83. The van der Waals surface area contributed by atoms with Crippen molar-refractivity contribution in [3.05, 3.63) is 0 Å². The van der Waals surface area contributed by atoms with Crippen molar-refractivity contribution in [2.45, 2.75) is 59.2 Å². The standard InChI is InChI=1S/C10H18O2.CH4/c1-5-9(3,11)7-8-10(4,12)6-2;/h11-12H,5-6H2,1-4H3;1H4. The summed E-state index contributed by atoms with van der Waals surface area (Å²) in [6.45, 7) is 7.00. The van der Waals surface area contributed by atoms with Gasteiger partial charge in [0.15, 0.2) is 0 Å². The molecule has 0 aliphatic carbocycles.